The van der Waals surface area contributed by atoms with Crippen LogP contribution in [0.4, 0.5) is 0 Å². The van der Waals surface area contributed by atoms with Crippen molar-refractivity contribution in [2.75, 3.05) is 33.4 Å². The van der Waals surface area contributed by atoms with Gasteiger partial charge in [-0.05, 0) is 30.7 Å². The number of carbonyl (C=O) groups is 1. The molecule has 1 aliphatic rings. The summed E-state index contributed by atoms with van der Waals surface area (Å²) in [6.07, 6.45) is 0. The smallest absolute Gasteiger partial charge is 0.160 e. The van der Waals surface area contributed by atoms with E-state index in [-0.39, 0.29) is 5.78 Å². The van der Waals surface area contributed by atoms with Crippen LogP contribution in [0, 0.1) is 0 Å². The zero-order valence-corrected chi connectivity index (χ0v) is 10.9. The van der Waals surface area contributed by atoms with E-state index in [0.29, 0.717) is 0 Å². The number of morpholine rings is 1. The van der Waals surface area contributed by atoms with Gasteiger partial charge in [0.15, 0.2) is 5.78 Å². The van der Waals surface area contributed by atoms with E-state index in [4.69, 9.17) is 9.47 Å². The monoisotopic (exact) mass is 249 g/mol. The van der Waals surface area contributed by atoms with Gasteiger partial charge in [0, 0.05) is 25.2 Å². The van der Waals surface area contributed by atoms with E-state index in [1.807, 2.05) is 18.2 Å². The van der Waals surface area contributed by atoms with Crippen LogP contribution in [-0.2, 0) is 11.3 Å². The zero-order valence-electron chi connectivity index (χ0n) is 10.9. The summed E-state index contributed by atoms with van der Waals surface area (Å²) in [5.41, 5.74) is 1.81. The highest BCUT2D eigenvalue weighted by Crippen LogP contribution is 2.20. The summed E-state index contributed by atoms with van der Waals surface area (Å²) in [4.78, 5) is 13.9. The molecule has 0 amide bonds. The molecule has 0 saturated carbocycles. The minimum atomic E-state index is 0.0981. The quantitative estimate of drug-likeness (QED) is 0.762. The lowest BCUT2D eigenvalue weighted by molar-refractivity contribution is 0.0340. The predicted octanol–water partition coefficient (Wildman–Crippen LogP) is 1.73. The van der Waals surface area contributed by atoms with Gasteiger partial charge in [-0.1, -0.05) is 0 Å². The molecule has 18 heavy (non-hydrogen) atoms. The van der Waals surface area contributed by atoms with Crippen molar-refractivity contribution in [3.63, 3.8) is 0 Å². The number of carbonyl (C=O) groups excluding carboxylic acids is 1. The molecule has 0 aliphatic carbocycles. The maximum atomic E-state index is 11.6. The van der Waals surface area contributed by atoms with Crippen LogP contribution in [0.2, 0.25) is 0 Å². The molecular weight excluding hydrogens is 230 g/mol. The van der Waals surface area contributed by atoms with E-state index in [2.05, 4.69) is 4.90 Å². The van der Waals surface area contributed by atoms with Gasteiger partial charge in [0.2, 0.25) is 0 Å². The van der Waals surface area contributed by atoms with Crippen LogP contribution in [-0.4, -0.2) is 44.1 Å². The average Bonchev–Trinajstić information content (AvgIpc) is 2.39. The van der Waals surface area contributed by atoms with Crippen LogP contribution in [0.25, 0.3) is 0 Å². The van der Waals surface area contributed by atoms with Crippen LogP contribution in [0.3, 0.4) is 0 Å². The topological polar surface area (TPSA) is 38.8 Å². The number of benzene rings is 1. The maximum Gasteiger partial charge on any atom is 0.160 e. The Morgan fingerprint density at radius 3 is 2.72 bits per heavy atom. The highest BCUT2D eigenvalue weighted by molar-refractivity contribution is 5.95. The molecule has 1 saturated heterocycles. The summed E-state index contributed by atoms with van der Waals surface area (Å²) in [6.45, 7) is 5.72. The molecule has 4 nitrogen and oxygen atoms in total. The molecule has 0 atom stereocenters. The van der Waals surface area contributed by atoms with Crippen molar-refractivity contribution in [1.82, 2.24) is 4.90 Å². The highest BCUT2D eigenvalue weighted by atomic mass is 16.5. The van der Waals surface area contributed by atoms with Crippen molar-refractivity contribution < 1.29 is 14.3 Å². The largest absolute Gasteiger partial charge is 0.497 e. The Balaban J connectivity index is 2.19. The molecule has 1 aliphatic heterocycles. The SMILES string of the molecule is COc1ccc(C(C)=O)c(CN2CCOCC2)c1. The summed E-state index contributed by atoms with van der Waals surface area (Å²) in [7, 11) is 1.64. The van der Waals surface area contributed by atoms with E-state index >= 15 is 0 Å². The fourth-order valence-corrected chi connectivity index (χ4v) is 2.17. The first-order chi connectivity index (χ1) is 8.70. The molecule has 1 aromatic rings. The van der Waals surface area contributed by atoms with Crippen LogP contribution in [0.15, 0.2) is 18.2 Å². The summed E-state index contributed by atoms with van der Waals surface area (Å²) in [5.74, 6) is 0.893. The Morgan fingerprint density at radius 1 is 1.39 bits per heavy atom. The summed E-state index contributed by atoms with van der Waals surface area (Å²) < 4.78 is 10.6. The standard InChI is InChI=1S/C14H19NO3/c1-11(16)14-4-3-13(17-2)9-12(14)10-15-5-7-18-8-6-15/h3-4,9H,5-8,10H2,1-2H3. The van der Waals surface area contributed by atoms with Gasteiger partial charge in [-0.15, -0.1) is 0 Å². The van der Waals surface area contributed by atoms with Crippen LogP contribution < -0.4 is 4.74 Å². The first-order valence-electron chi connectivity index (χ1n) is 6.18. The maximum absolute atomic E-state index is 11.6. The minimum Gasteiger partial charge on any atom is -0.497 e. The molecule has 0 spiro atoms. The third kappa shape index (κ3) is 3.09. The molecular formula is C14H19NO3. The average molecular weight is 249 g/mol. The van der Waals surface area contributed by atoms with Crippen molar-refractivity contribution in [2.24, 2.45) is 0 Å². The van der Waals surface area contributed by atoms with E-state index < -0.39 is 0 Å². The Kier molecular flexibility index (Phi) is 4.33. The molecule has 1 fully saturated rings. The fourth-order valence-electron chi connectivity index (χ4n) is 2.17. The lowest BCUT2D eigenvalue weighted by Gasteiger charge is -2.27. The number of hydrogen-bond acceptors (Lipinski definition) is 4. The van der Waals surface area contributed by atoms with Crippen molar-refractivity contribution >= 4 is 5.78 Å². The first-order valence-corrected chi connectivity index (χ1v) is 6.18. The Labute approximate surface area is 107 Å². The second-order valence-corrected chi connectivity index (χ2v) is 4.47. The van der Waals surface area contributed by atoms with E-state index in [9.17, 15) is 4.79 Å². The molecule has 1 heterocycles. The second kappa shape index (κ2) is 5.98. The predicted molar refractivity (Wildman–Crippen MR) is 69.1 cm³/mol. The number of ether oxygens (including phenoxy) is 2. The number of rotatable bonds is 4. The minimum absolute atomic E-state index is 0.0981. The van der Waals surface area contributed by atoms with Gasteiger partial charge in [-0.25, -0.2) is 0 Å². The zero-order chi connectivity index (χ0) is 13.0. The lowest BCUT2D eigenvalue weighted by Crippen LogP contribution is -2.36. The molecule has 0 bridgehead atoms. The van der Waals surface area contributed by atoms with Gasteiger partial charge in [-0.2, -0.15) is 0 Å². The van der Waals surface area contributed by atoms with Gasteiger partial charge >= 0.3 is 0 Å². The lowest BCUT2D eigenvalue weighted by atomic mass is 10.0. The van der Waals surface area contributed by atoms with E-state index in [1.165, 1.54) is 0 Å². The second-order valence-electron chi connectivity index (χ2n) is 4.47. The van der Waals surface area contributed by atoms with Gasteiger partial charge in [0.05, 0.1) is 20.3 Å². The Morgan fingerprint density at radius 2 is 2.11 bits per heavy atom. The van der Waals surface area contributed by atoms with E-state index in [0.717, 1.165) is 49.7 Å². The summed E-state index contributed by atoms with van der Waals surface area (Å²) in [5, 5.41) is 0. The van der Waals surface area contributed by atoms with Gasteiger partial charge in [0.1, 0.15) is 5.75 Å². The van der Waals surface area contributed by atoms with Gasteiger partial charge in [-0.3, -0.25) is 9.69 Å². The molecule has 0 unspecified atom stereocenters. The highest BCUT2D eigenvalue weighted by Gasteiger charge is 2.15. The first kappa shape index (κ1) is 13.1. The van der Waals surface area contributed by atoms with Crippen molar-refractivity contribution in [2.45, 2.75) is 13.5 Å². The molecule has 0 N–H and O–H groups in total. The number of methoxy groups -OCH3 is 1. The Hall–Kier alpha value is -1.39. The van der Waals surface area contributed by atoms with Crippen LogP contribution in [0.1, 0.15) is 22.8 Å². The number of ketones is 1. The van der Waals surface area contributed by atoms with Crippen molar-refractivity contribution in [1.29, 1.82) is 0 Å². The molecule has 1 aromatic carbocycles. The summed E-state index contributed by atoms with van der Waals surface area (Å²) >= 11 is 0. The summed E-state index contributed by atoms with van der Waals surface area (Å²) in [6, 6.07) is 5.63. The normalized spacial score (nSPS) is 16.6. The van der Waals surface area contributed by atoms with Crippen molar-refractivity contribution in [3.8, 4) is 5.75 Å². The Bertz CT molecular complexity index is 425. The third-order valence-electron chi connectivity index (χ3n) is 3.19. The van der Waals surface area contributed by atoms with Gasteiger partial charge in [0.25, 0.3) is 0 Å². The number of hydrogen-bond donors (Lipinski definition) is 0. The molecule has 0 aromatic heterocycles. The van der Waals surface area contributed by atoms with Crippen LogP contribution >= 0.6 is 0 Å². The van der Waals surface area contributed by atoms with Crippen LogP contribution in [0.5, 0.6) is 5.75 Å². The molecule has 4 heteroatoms. The molecule has 98 valence electrons. The van der Waals surface area contributed by atoms with Gasteiger partial charge < -0.3 is 9.47 Å². The number of Topliss-reactive ketones (excluding diaryl/α,β-unsaturated/α-hetero) is 1. The van der Waals surface area contributed by atoms with E-state index in [1.54, 1.807) is 14.0 Å². The molecule has 0 radical (unpaired) electrons. The van der Waals surface area contributed by atoms with Crippen molar-refractivity contribution in [3.05, 3.63) is 29.3 Å². The molecule has 2 rings (SSSR count). The third-order valence-corrected chi connectivity index (χ3v) is 3.19. The number of nitrogens with zero attached hydrogens (tertiary/aromatic N) is 1. The fraction of sp³-hybridized carbons (Fsp3) is 0.500.